The number of benzene rings is 1. The summed E-state index contributed by atoms with van der Waals surface area (Å²) < 4.78 is 45.4. The van der Waals surface area contributed by atoms with E-state index in [0.29, 0.717) is 5.13 Å². The summed E-state index contributed by atoms with van der Waals surface area (Å²) in [6.07, 6.45) is -2.86. The Balaban J connectivity index is 2.01. The minimum absolute atomic E-state index is 0.0331. The average Bonchev–Trinajstić information content (AvgIpc) is 3.11. The molecule has 0 amide bonds. The van der Waals surface area contributed by atoms with E-state index < -0.39 is 11.7 Å². The van der Waals surface area contributed by atoms with Crippen molar-refractivity contribution in [2.24, 2.45) is 0 Å². The van der Waals surface area contributed by atoms with Crippen molar-refractivity contribution >= 4 is 28.9 Å². The van der Waals surface area contributed by atoms with Gasteiger partial charge in [0.2, 0.25) is 17.0 Å². The summed E-state index contributed by atoms with van der Waals surface area (Å²) in [4.78, 5) is 9.11. The monoisotopic (exact) mass is 370 g/mol. The van der Waals surface area contributed by atoms with Gasteiger partial charge in [0, 0.05) is 22.8 Å². The van der Waals surface area contributed by atoms with Gasteiger partial charge in [-0.1, -0.05) is 0 Å². The van der Waals surface area contributed by atoms with Crippen molar-refractivity contribution in [2.75, 3.05) is 18.2 Å². The van der Waals surface area contributed by atoms with Crippen LogP contribution < -0.4 is 15.8 Å². The molecule has 0 fully saturated rings. The first kappa shape index (κ1) is 17.0. The molecular formula is C14H13F3N6OS. The standard InChI is InChI=1S/C14H13F3N6OS/c1-7-6-19-13(25-7)23-12(21-11(18)22-23)20-9-3-8(14(15,16)17)4-10(5-9)24-2/h3-6H,1-2H3,(H3,18,20,21,22). The summed E-state index contributed by atoms with van der Waals surface area (Å²) in [5.74, 6) is 0.170. The fourth-order valence-corrected chi connectivity index (χ4v) is 2.78. The molecule has 0 atom stereocenters. The number of anilines is 3. The molecule has 2 heterocycles. The molecular weight excluding hydrogens is 357 g/mol. The minimum atomic E-state index is -4.51. The highest BCUT2D eigenvalue weighted by Gasteiger charge is 2.31. The number of methoxy groups -OCH3 is 1. The average molecular weight is 370 g/mol. The fraction of sp³-hybridized carbons (Fsp3) is 0.214. The lowest BCUT2D eigenvalue weighted by molar-refractivity contribution is -0.137. The molecule has 0 saturated carbocycles. The van der Waals surface area contributed by atoms with Crippen LogP contribution in [-0.2, 0) is 6.18 Å². The van der Waals surface area contributed by atoms with E-state index >= 15 is 0 Å². The Kier molecular flexibility index (Phi) is 4.25. The van der Waals surface area contributed by atoms with E-state index in [4.69, 9.17) is 10.5 Å². The van der Waals surface area contributed by atoms with Crippen molar-refractivity contribution in [3.05, 3.63) is 34.8 Å². The van der Waals surface area contributed by atoms with E-state index in [1.165, 1.54) is 29.2 Å². The number of hydrogen-bond donors (Lipinski definition) is 2. The lowest BCUT2D eigenvalue weighted by Gasteiger charge is -2.12. The normalized spacial score (nSPS) is 11.6. The molecule has 1 aromatic carbocycles. The minimum Gasteiger partial charge on any atom is -0.497 e. The number of thiazole rings is 1. The number of nitrogen functional groups attached to an aromatic ring is 1. The highest BCUT2D eigenvalue weighted by molar-refractivity contribution is 7.14. The predicted octanol–water partition coefficient (Wildman–Crippen LogP) is 3.39. The van der Waals surface area contributed by atoms with Crippen LogP contribution in [0.3, 0.4) is 0 Å². The highest BCUT2D eigenvalue weighted by atomic mass is 32.1. The lowest BCUT2D eigenvalue weighted by Crippen LogP contribution is -2.07. The third-order valence-corrected chi connectivity index (χ3v) is 4.03. The fourth-order valence-electron chi connectivity index (χ4n) is 2.06. The number of nitrogens with two attached hydrogens (primary N) is 1. The number of ether oxygens (including phenoxy) is 1. The van der Waals surface area contributed by atoms with E-state index in [1.807, 2.05) is 6.92 Å². The second kappa shape index (κ2) is 6.24. The van der Waals surface area contributed by atoms with Gasteiger partial charge in [0.15, 0.2) is 0 Å². The maximum Gasteiger partial charge on any atom is 0.416 e. The van der Waals surface area contributed by atoms with Crippen LogP contribution in [-0.4, -0.2) is 26.9 Å². The number of nitrogens with zero attached hydrogens (tertiary/aromatic N) is 4. The molecule has 0 bridgehead atoms. The quantitative estimate of drug-likeness (QED) is 0.732. The molecule has 0 aliphatic rings. The molecule has 0 saturated heterocycles. The number of hydrogen-bond acceptors (Lipinski definition) is 7. The van der Waals surface area contributed by atoms with Crippen LogP contribution in [0.1, 0.15) is 10.4 Å². The van der Waals surface area contributed by atoms with E-state index in [0.717, 1.165) is 17.0 Å². The number of aromatic nitrogens is 4. The first-order valence-electron chi connectivity index (χ1n) is 6.95. The molecule has 0 aliphatic carbocycles. The zero-order chi connectivity index (χ0) is 18.2. The van der Waals surface area contributed by atoms with Gasteiger partial charge < -0.3 is 15.8 Å². The Bertz CT molecular complexity index is 904. The maximum atomic E-state index is 13.0. The van der Waals surface area contributed by atoms with Crippen LogP contribution in [0, 0.1) is 6.92 Å². The Hall–Kier alpha value is -2.82. The summed E-state index contributed by atoms with van der Waals surface area (Å²) in [7, 11) is 1.29. The second-order valence-electron chi connectivity index (χ2n) is 5.03. The Morgan fingerprint density at radius 3 is 2.64 bits per heavy atom. The Labute approximate surface area is 144 Å². The van der Waals surface area contributed by atoms with Gasteiger partial charge in [-0.05, 0) is 19.1 Å². The van der Waals surface area contributed by atoms with Crippen LogP contribution in [0.5, 0.6) is 5.75 Å². The summed E-state index contributed by atoms with van der Waals surface area (Å²) in [6, 6.07) is 3.27. The predicted molar refractivity (Wildman–Crippen MR) is 87.5 cm³/mol. The van der Waals surface area contributed by atoms with Crippen LogP contribution in [0.25, 0.3) is 5.13 Å². The van der Waals surface area contributed by atoms with E-state index in [-0.39, 0.29) is 23.3 Å². The van der Waals surface area contributed by atoms with Crippen LogP contribution in [0.2, 0.25) is 0 Å². The largest absolute Gasteiger partial charge is 0.497 e. The van der Waals surface area contributed by atoms with Gasteiger partial charge in [0.25, 0.3) is 0 Å². The number of aryl methyl sites for hydroxylation is 1. The number of alkyl halides is 3. The van der Waals surface area contributed by atoms with Crippen molar-refractivity contribution < 1.29 is 17.9 Å². The Morgan fingerprint density at radius 1 is 1.28 bits per heavy atom. The third-order valence-electron chi connectivity index (χ3n) is 3.14. The molecule has 3 aromatic rings. The molecule has 132 valence electrons. The van der Waals surface area contributed by atoms with E-state index in [2.05, 4.69) is 20.4 Å². The third kappa shape index (κ3) is 3.65. The molecule has 0 spiro atoms. The molecule has 11 heteroatoms. The van der Waals surface area contributed by atoms with Gasteiger partial charge in [-0.25, -0.2) is 4.98 Å². The first-order chi connectivity index (χ1) is 11.8. The van der Waals surface area contributed by atoms with Crippen LogP contribution in [0.4, 0.5) is 30.8 Å². The summed E-state index contributed by atoms with van der Waals surface area (Å²) >= 11 is 1.34. The van der Waals surface area contributed by atoms with Gasteiger partial charge in [-0.15, -0.1) is 16.4 Å². The maximum absolute atomic E-state index is 13.0. The van der Waals surface area contributed by atoms with Crippen molar-refractivity contribution in [1.82, 2.24) is 19.7 Å². The Morgan fingerprint density at radius 2 is 2.04 bits per heavy atom. The van der Waals surface area contributed by atoms with Crippen molar-refractivity contribution in [1.29, 1.82) is 0 Å². The molecule has 2 aromatic heterocycles. The molecule has 3 N–H and O–H groups in total. The summed E-state index contributed by atoms with van der Waals surface area (Å²) in [5, 5.41) is 7.29. The molecule has 25 heavy (non-hydrogen) atoms. The lowest BCUT2D eigenvalue weighted by atomic mass is 10.2. The topological polar surface area (TPSA) is 90.9 Å². The molecule has 3 rings (SSSR count). The van der Waals surface area contributed by atoms with Gasteiger partial charge in [-0.3, -0.25) is 0 Å². The van der Waals surface area contributed by atoms with E-state index in [9.17, 15) is 13.2 Å². The van der Waals surface area contributed by atoms with Gasteiger partial charge in [0.1, 0.15) is 5.75 Å². The molecule has 0 radical (unpaired) electrons. The zero-order valence-electron chi connectivity index (χ0n) is 13.1. The molecule has 0 unspecified atom stereocenters. The second-order valence-corrected chi connectivity index (χ2v) is 6.25. The molecule has 7 nitrogen and oxygen atoms in total. The van der Waals surface area contributed by atoms with Crippen LogP contribution in [0.15, 0.2) is 24.4 Å². The smallest absolute Gasteiger partial charge is 0.416 e. The van der Waals surface area contributed by atoms with Gasteiger partial charge in [-0.2, -0.15) is 22.8 Å². The first-order valence-corrected chi connectivity index (χ1v) is 7.76. The SMILES string of the molecule is COc1cc(Nc2nc(N)nn2-c2ncc(C)s2)cc(C(F)(F)F)c1. The van der Waals surface area contributed by atoms with Crippen molar-refractivity contribution in [2.45, 2.75) is 13.1 Å². The van der Waals surface area contributed by atoms with Gasteiger partial charge >= 0.3 is 6.18 Å². The number of halogens is 3. The van der Waals surface area contributed by atoms with Crippen molar-refractivity contribution in [3.63, 3.8) is 0 Å². The van der Waals surface area contributed by atoms with Crippen molar-refractivity contribution in [3.8, 4) is 10.9 Å². The van der Waals surface area contributed by atoms with Gasteiger partial charge in [0.05, 0.1) is 12.7 Å². The molecule has 0 aliphatic heterocycles. The number of nitrogens with one attached hydrogen (secondary N) is 1. The zero-order valence-corrected chi connectivity index (χ0v) is 13.9. The van der Waals surface area contributed by atoms with E-state index in [1.54, 1.807) is 6.20 Å². The summed E-state index contributed by atoms with van der Waals surface area (Å²) in [5.41, 5.74) is 4.91. The number of rotatable bonds is 4. The highest BCUT2D eigenvalue weighted by Crippen LogP contribution is 2.35. The van der Waals surface area contributed by atoms with Crippen LogP contribution >= 0.6 is 11.3 Å². The summed E-state index contributed by atoms with van der Waals surface area (Å²) in [6.45, 7) is 1.87.